The van der Waals surface area contributed by atoms with Crippen LogP contribution in [-0.4, -0.2) is 83.3 Å². The second-order valence-electron chi connectivity index (χ2n) is 6.68. The highest BCUT2D eigenvalue weighted by atomic mass is 79.9. The van der Waals surface area contributed by atoms with Crippen molar-refractivity contribution in [3.8, 4) is 0 Å². The third-order valence-electron chi connectivity index (χ3n) is 3.57. The van der Waals surface area contributed by atoms with E-state index < -0.39 is 5.60 Å². The summed E-state index contributed by atoms with van der Waals surface area (Å²) in [4.78, 5) is 28.0. The van der Waals surface area contributed by atoms with Crippen LogP contribution in [0.2, 0.25) is 0 Å². The van der Waals surface area contributed by atoms with Crippen molar-refractivity contribution in [1.29, 1.82) is 0 Å². The zero-order valence-electron chi connectivity index (χ0n) is 14.8. The van der Waals surface area contributed by atoms with Gasteiger partial charge in [0.05, 0.1) is 19.8 Å². The Balaban J connectivity index is 0.000000648. The van der Waals surface area contributed by atoms with E-state index in [4.69, 9.17) is 14.6 Å². The SMILES string of the molecule is CC(C)(C)OC(=O)N1CCC[C@H]1C(=O)N1CCOCC1.OCCBr. The van der Waals surface area contributed by atoms with Gasteiger partial charge in [-0.15, -0.1) is 0 Å². The van der Waals surface area contributed by atoms with Gasteiger partial charge in [0.25, 0.3) is 0 Å². The number of ether oxygens (including phenoxy) is 2. The minimum Gasteiger partial charge on any atom is -0.444 e. The van der Waals surface area contributed by atoms with Crippen molar-refractivity contribution in [3.63, 3.8) is 0 Å². The number of amides is 2. The summed E-state index contributed by atoms with van der Waals surface area (Å²) >= 11 is 3.00. The van der Waals surface area contributed by atoms with Gasteiger partial charge in [-0.25, -0.2) is 4.79 Å². The summed E-state index contributed by atoms with van der Waals surface area (Å²) in [7, 11) is 0. The Bertz CT molecular complexity index is 406. The van der Waals surface area contributed by atoms with Crippen LogP contribution in [0.25, 0.3) is 0 Å². The van der Waals surface area contributed by atoms with Crippen LogP contribution >= 0.6 is 15.9 Å². The fourth-order valence-electron chi connectivity index (χ4n) is 2.56. The molecule has 24 heavy (non-hydrogen) atoms. The molecule has 1 atom stereocenters. The van der Waals surface area contributed by atoms with Crippen LogP contribution in [0, 0.1) is 0 Å². The van der Waals surface area contributed by atoms with Gasteiger partial charge in [0, 0.05) is 25.0 Å². The average Bonchev–Trinajstić information content (AvgIpc) is 3.03. The highest BCUT2D eigenvalue weighted by Gasteiger charge is 2.38. The Morgan fingerprint density at radius 2 is 1.83 bits per heavy atom. The fourth-order valence-corrected chi connectivity index (χ4v) is 2.56. The third-order valence-corrected chi connectivity index (χ3v) is 3.93. The van der Waals surface area contributed by atoms with E-state index in [-0.39, 0.29) is 24.6 Å². The largest absolute Gasteiger partial charge is 0.444 e. The first kappa shape index (κ1) is 21.2. The highest BCUT2D eigenvalue weighted by Crippen LogP contribution is 2.22. The molecule has 0 aromatic carbocycles. The molecule has 8 heteroatoms. The molecule has 0 radical (unpaired) electrons. The Hall–Kier alpha value is -0.860. The number of carbonyl (C=O) groups excluding carboxylic acids is 2. The van der Waals surface area contributed by atoms with Gasteiger partial charge in [-0.2, -0.15) is 0 Å². The van der Waals surface area contributed by atoms with Crippen molar-refractivity contribution in [2.24, 2.45) is 0 Å². The lowest BCUT2D eigenvalue weighted by atomic mass is 10.2. The van der Waals surface area contributed by atoms with Crippen molar-refractivity contribution in [1.82, 2.24) is 9.80 Å². The average molecular weight is 409 g/mol. The first-order chi connectivity index (χ1) is 11.3. The number of nitrogens with zero attached hydrogens (tertiary/aromatic N) is 2. The van der Waals surface area contributed by atoms with E-state index in [1.165, 1.54) is 0 Å². The molecule has 0 spiro atoms. The van der Waals surface area contributed by atoms with Gasteiger partial charge in [0.2, 0.25) is 5.91 Å². The number of carbonyl (C=O) groups is 2. The molecule has 0 aliphatic carbocycles. The van der Waals surface area contributed by atoms with E-state index in [1.54, 1.807) is 9.80 Å². The Morgan fingerprint density at radius 1 is 1.25 bits per heavy atom. The zero-order valence-corrected chi connectivity index (χ0v) is 16.4. The number of aliphatic hydroxyl groups is 1. The van der Waals surface area contributed by atoms with Gasteiger partial charge in [-0.05, 0) is 33.6 Å². The second kappa shape index (κ2) is 10.2. The maximum Gasteiger partial charge on any atom is 0.410 e. The van der Waals surface area contributed by atoms with Gasteiger partial charge in [0.1, 0.15) is 11.6 Å². The summed E-state index contributed by atoms with van der Waals surface area (Å²) in [6.07, 6.45) is 1.18. The van der Waals surface area contributed by atoms with Crippen LogP contribution in [0.5, 0.6) is 0 Å². The molecule has 2 amide bonds. The molecule has 0 bridgehead atoms. The van der Waals surface area contributed by atoms with E-state index in [2.05, 4.69) is 15.9 Å². The fraction of sp³-hybridized carbons (Fsp3) is 0.875. The lowest BCUT2D eigenvalue weighted by Crippen LogP contribution is -2.51. The smallest absolute Gasteiger partial charge is 0.410 e. The van der Waals surface area contributed by atoms with Gasteiger partial charge in [-0.3, -0.25) is 9.69 Å². The minimum atomic E-state index is -0.535. The lowest BCUT2D eigenvalue weighted by molar-refractivity contribution is -0.140. The maximum atomic E-state index is 12.5. The van der Waals surface area contributed by atoms with Crippen LogP contribution in [0.4, 0.5) is 4.79 Å². The molecule has 140 valence electrons. The van der Waals surface area contributed by atoms with Crippen molar-refractivity contribution < 1.29 is 24.2 Å². The van der Waals surface area contributed by atoms with Crippen LogP contribution in [0.3, 0.4) is 0 Å². The number of likely N-dealkylation sites (tertiary alicyclic amines) is 1. The summed E-state index contributed by atoms with van der Waals surface area (Å²) in [6.45, 7) is 8.69. The molecule has 0 aromatic heterocycles. The number of hydrogen-bond donors (Lipinski definition) is 1. The Kier molecular flexibility index (Phi) is 9.01. The maximum absolute atomic E-state index is 12.5. The quantitative estimate of drug-likeness (QED) is 0.702. The summed E-state index contributed by atoms with van der Waals surface area (Å²) in [5, 5.41) is 8.52. The summed E-state index contributed by atoms with van der Waals surface area (Å²) in [5.41, 5.74) is -0.535. The molecule has 0 unspecified atom stereocenters. The topological polar surface area (TPSA) is 79.3 Å². The molecule has 2 aliphatic heterocycles. The summed E-state index contributed by atoms with van der Waals surface area (Å²) in [5.74, 6) is 0.0247. The van der Waals surface area contributed by atoms with Crippen molar-refractivity contribution >= 4 is 27.9 Å². The number of aliphatic hydroxyl groups excluding tert-OH is 1. The van der Waals surface area contributed by atoms with E-state index in [9.17, 15) is 9.59 Å². The number of hydrogen-bond acceptors (Lipinski definition) is 5. The summed E-state index contributed by atoms with van der Waals surface area (Å²) < 4.78 is 10.6. The normalized spacial score (nSPS) is 21.1. The molecular formula is C16H29BrN2O5. The highest BCUT2D eigenvalue weighted by molar-refractivity contribution is 9.09. The molecule has 7 nitrogen and oxygen atoms in total. The predicted molar refractivity (Wildman–Crippen MR) is 94.2 cm³/mol. The van der Waals surface area contributed by atoms with E-state index in [1.807, 2.05) is 20.8 Å². The standard InChI is InChI=1S/C14H24N2O4.C2H5BrO/c1-14(2,3)20-13(18)16-6-4-5-11(16)12(17)15-7-9-19-10-8-15;3-1-2-4/h11H,4-10H2,1-3H3;4H,1-2H2/t11-;/m0./s1. The van der Waals surface area contributed by atoms with Crippen molar-refractivity contribution in [3.05, 3.63) is 0 Å². The van der Waals surface area contributed by atoms with E-state index in [0.29, 0.717) is 38.2 Å². The van der Waals surface area contributed by atoms with Gasteiger partial charge in [0.15, 0.2) is 0 Å². The van der Waals surface area contributed by atoms with Gasteiger partial charge >= 0.3 is 6.09 Å². The Labute approximate surface area is 152 Å². The van der Waals surface area contributed by atoms with Crippen LogP contribution in [0.15, 0.2) is 0 Å². The first-order valence-electron chi connectivity index (χ1n) is 8.33. The molecule has 2 heterocycles. The number of rotatable bonds is 2. The molecule has 0 saturated carbocycles. The molecule has 0 aromatic rings. The third kappa shape index (κ3) is 6.94. The Morgan fingerprint density at radius 3 is 2.33 bits per heavy atom. The minimum absolute atomic E-state index is 0.0247. The molecule has 2 rings (SSSR count). The number of halogens is 1. The van der Waals surface area contributed by atoms with Crippen molar-refractivity contribution in [2.75, 3.05) is 44.8 Å². The molecular weight excluding hydrogens is 380 g/mol. The monoisotopic (exact) mass is 408 g/mol. The second-order valence-corrected chi connectivity index (χ2v) is 7.48. The molecule has 2 aliphatic rings. The predicted octanol–water partition coefficient (Wildman–Crippen LogP) is 1.62. The molecule has 2 fully saturated rings. The van der Waals surface area contributed by atoms with Crippen molar-refractivity contribution in [2.45, 2.75) is 45.3 Å². The molecule has 2 saturated heterocycles. The van der Waals surface area contributed by atoms with Crippen LogP contribution < -0.4 is 0 Å². The zero-order chi connectivity index (χ0) is 18.2. The summed E-state index contributed by atoms with van der Waals surface area (Å²) in [6, 6.07) is -0.372. The molecule has 1 N–H and O–H groups in total. The van der Waals surface area contributed by atoms with E-state index >= 15 is 0 Å². The van der Waals surface area contributed by atoms with Gasteiger partial charge in [-0.1, -0.05) is 15.9 Å². The van der Waals surface area contributed by atoms with Crippen LogP contribution in [0.1, 0.15) is 33.6 Å². The first-order valence-corrected chi connectivity index (χ1v) is 9.45. The van der Waals surface area contributed by atoms with Gasteiger partial charge < -0.3 is 19.5 Å². The number of morpholine rings is 1. The lowest BCUT2D eigenvalue weighted by Gasteiger charge is -2.33. The van der Waals surface area contributed by atoms with E-state index in [0.717, 1.165) is 12.8 Å². The van der Waals surface area contributed by atoms with Crippen LogP contribution in [-0.2, 0) is 14.3 Å². The number of alkyl halides is 1.